The number of nitrogens with two attached hydrogens (primary N) is 1. The Kier molecular flexibility index (Phi) is 4.98. The van der Waals surface area contributed by atoms with E-state index in [2.05, 4.69) is 10.2 Å². The molecule has 2 N–H and O–H groups in total. The van der Waals surface area contributed by atoms with E-state index >= 15 is 0 Å². The summed E-state index contributed by atoms with van der Waals surface area (Å²) in [5.74, 6) is 1.75. The smallest absolute Gasteiger partial charge is 0.253 e. The van der Waals surface area contributed by atoms with Crippen LogP contribution >= 0.6 is 11.6 Å². The van der Waals surface area contributed by atoms with Gasteiger partial charge in [-0.2, -0.15) is 0 Å². The molecule has 0 saturated carbocycles. The Hall–Kier alpha value is -1.59. The Morgan fingerprint density at radius 2 is 2.10 bits per heavy atom. The summed E-state index contributed by atoms with van der Waals surface area (Å²) in [7, 11) is 0. The summed E-state index contributed by atoms with van der Waals surface area (Å²) in [5, 5.41) is 8.46. The molecule has 1 unspecified atom stereocenters. The Bertz CT molecular complexity index is 569. The van der Waals surface area contributed by atoms with Gasteiger partial charge >= 0.3 is 0 Å². The van der Waals surface area contributed by atoms with Crippen LogP contribution in [0.2, 0.25) is 5.02 Å². The van der Waals surface area contributed by atoms with Crippen LogP contribution in [0.5, 0.6) is 5.75 Å². The first-order valence-corrected chi connectivity index (χ1v) is 6.95. The molecule has 20 heavy (non-hydrogen) atoms. The summed E-state index contributed by atoms with van der Waals surface area (Å²) in [6.45, 7) is 4.10. The van der Waals surface area contributed by atoms with Crippen LogP contribution < -0.4 is 10.5 Å². The third-order valence-electron chi connectivity index (χ3n) is 2.76. The molecule has 1 aromatic heterocycles. The van der Waals surface area contributed by atoms with E-state index in [0.717, 1.165) is 5.56 Å². The first-order valence-electron chi connectivity index (χ1n) is 6.57. The molecule has 0 spiro atoms. The molecule has 0 bridgehead atoms. The minimum Gasteiger partial charge on any atom is -0.483 e. The molecular weight excluding hydrogens is 278 g/mol. The number of hydrogen-bond acceptors (Lipinski definition) is 5. The van der Waals surface area contributed by atoms with Crippen molar-refractivity contribution in [2.75, 3.05) is 0 Å². The fourth-order valence-corrected chi connectivity index (χ4v) is 2.07. The third kappa shape index (κ3) is 3.71. The van der Waals surface area contributed by atoms with Gasteiger partial charge in [0.25, 0.3) is 5.89 Å². The van der Waals surface area contributed by atoms with Gasteiger partial charge in [0.15, 0.2) is 6.61 Å². The van der Waals surface area contributed by atoms with E-state index < -0.39 is 0 Å². The zero-order chi connectivity index (χ0) is 14.5. The number of ether oxygens (including phenoxy) is 1. The van der Waals surface area contributed by atoms with Gasteiger partial charge in [0, 0.05) is 23.0 Å². The van der Waals surface area contributed by atoms with Gasteiger partial charge in [-0.1, -0.05) is 24.6 Å². The molecule has 5 nitrogen and oxygen atoms in total. The lowest BCUT2D eigenvalue weighted by Crippen LogP contribution is -2.18. The van der Waals surface area contributed by atoms with Crippen molar-refractivity contribution >= 4 is 11.6 Å². The third-order valence-corrected chi connectivity index (χ3v) is 3.12. The average molecular weight is 296 g/mol. The fourth-order valence-electron chi connectivity index (χ4n) is 1.82. The van der Waals surface area contributed by atoms with Gasteiger partial charge in [-0.3, -0.25) is 0 Å². The highest BCUT2D eigenvalue weighted by Gasteiger charge is 2.12. The molecule has 6 heteroatoms. The summed E-state index contributed by atoms with van der Waals surface area (Å²) in [4.78, 5) is 0. The van der Waals surface area contributed by atoms with Crippen molar-refractivity contribution in [1.29, 1.82) is 0 Å². The van der Waals surface area contributed by atoms with Crippen LogP contribution in [0.15, 0.2) is 22.6 Å². The van der Waals surface area contributed by atoms with Crippen molar-refractivity contribution in [3.63, 3.8) is 0 Å². The number of aromatic nitrogens is 2. The number of halogens is 1. The van der Waals surface area contributed by atoms with E-state index in [-0.39, 0.29) is 12.6 Å². The molecule has 0 radical (unpaired) electrons. The molecule has 0 aliphatic heterocycles. The van der Waals surface area contributed by atoms with Crippen molar-refractivity contribution in [3.8, 4) is 5.75 Å². The average Bonchev–Trinajstić information content (AvgIpc) is 2.87. The molecule has 108 valence electrons. The fraction of sp³-hybridized carbons (Fsp3) is 0.429. The van der Waals surface area contributed by atoms with E-state index in [1.54, 1.807) is 0 Å². The lowest BCUT2D eigenvalue weighted by atomic mass is 10.1. The molecule has 0 saturated heterocycles. The summed E-state index contributed by atoms with van der Waals surface area (Å²) >= 11 is 6.19. The first kappa shape index (κ1) is 14.8. The first-order chi connectivity index (χ1) is 9.60. The van der Waals surface area contributed by atoms with E-state index in [1.807, 2.05) is 32.0 Å². The lowest BCUT2D eigenvalue weighted by Gasteiger charge is -2.13. The van der Waals surface area contributed by atoms with Crippen LogP contribution in [0.4, 0.5) is 0 Å². The van der Waals surface area contributed by atoms with E-state index in [4.69, 9.17) is 26.5 Å². The summed E-state index contributed by atoms with van der Waals surface area (Å²) in [5.41, 5.74) is 6.74. The molecule has 0 aliphatic rings. The maximum Gasteiger partial charge on any atom is 0.253 e. The monoisotopic (exact) mass is 295 g/mol. The van der Waals surface area contributed by atoms with Crippen LogP contribution in [0.1, 0.15) is 31.2 Å². The molecule has 2 aromatic rings. The van der Waals surface area contributed by atoms with Gasteiger partial charge in [0.05, 0.1) is 0 Å². The highest BCUT2D eigenvalue weighted by molar-refractivity contribution is 6.31. The molecule has 1 atom stereocenters. The summed E-state index contributed by atoms with van der Waals surface area (Å²) < 4.78 is 11.1. The largest absolute Gasteiger partial charge is 0.483 e. The van der Waals surface area contributed by atoms with Crippen LogP contribution in [0, 0.1) is 0 Å². The molecule has 2 rings (SSSR count). The Morgan fingerprint density at radius 3 is 2.75 bits per heavy atom. The van der Waals surface area contributed by atoms with Crippen LogP contribution in [0.3, 0.4) is 0 Å². The van der Waals surface area contributed by atoms with Crippen LogP contribution in [0.25, 0.3) is 0 Å². The number of hydrogen-bond donors (Lipinski definition) is 1. The second kappa shape index (κ2) is 6.72. The van der Waals surface area contributed by atoms with E-state index in [9.17, 15) is 0 Å². The normalized spacial score (nSPS) is 12.4. The molecular formula is C14H18ClN3O2. The quantitative estimate of drug-likeness (QED) is 0.887. The lowest BCUT2D eigenvalue weighted by molar-refractivity contribution is 0.256. The van der Waals surface area contributed by atoms with Crippen molar-refractivity contribution < 1.29 is 9.15 Å². The van der Waals surface area contributed by atoms with Crippen molar-refractivity contribution in [1.82, 2.24) is 10.2 Å². The van der Waals surface area contributed by atoms with Crippen LogP contribution in [-0.4, -0.2) is 16.2 Å². The number of aryl methyl sites for hydroxylation is 1. The van der Waals surface area contributed by atoms with E-state index in [1.165, 1.54) is 0 Å². The van der Waals surface area contributed by atoms with E-state index in [0.29, 0.717) is 35.4 Å². The van der Waals surface area contributed by atoms with Gasteiger partial charge < -0.3 is 14.9 Å². The van der Waals surface area contributed by atoms with Crippen molar-refractivity contribution in [2.45, 2.75) is 39.3 Å². The maximum absolute atomic E-state index is 6.19. The Balaban J connectivity index is 2.10. The topological polar surface area (TPSA) is 74.2 Å². The zero-order valence-electron chi connectivity index (χ0n) is 11.6. The SMILES string of the molecule is CCc1nnc(COc2cccc(Cl)c2CC(C)N)o1. The number of rotatable bonds is 6. The molecule has 0 fully saturated rings. The Morgan fingerprint density at radius 1 is 1.35 bits per heavy atom. The van der Waals surface area contributed by atoms with Gasteiger partial charge in [0.2, 0.25) is 5.89 Å². The summed E-state index contributed by atoms with van der Waals surface area (Å²) in [6.07, 6.45) is 1.36. The van der Waals surface area contributed by atoms with Crippen LogP contribution in [-0.2, 0) is 19.4 Å². The number of nitrogens with zero attached hydrogens (tertiary/aromatic N) is 2. The van der Waals surface area contributed by atoms with Gasteiger partial charge in [-0.05, 0) is 25.5 Å². The predicted molar refractivity (Wildman–Crippen MR) is 76.8 cm³/mol. The molecule has 1 heterocycles. The van der Waals surface area contributed by atoms with Gasteiger partial charge in [-0.15, -0.1) is 10.2 Å². The van der Waals surface area contributed by atoms with Gasteiger partial charge in [0.1, 0.15) is 5.75 Å². The highest BCUT2D eigenvalue weighted by atomic mass is 35.5. The maximum atomic E-state index is 6.19. The Labute approximate surface area is 123 Å². The van der Waals surface area contributed by atoms with Crippen molar-refractivity contribution in [2.24, 2.45) is 5.73 Å². The molecule has 0 amide bonds. The second-order valence-electron chi connectivity index (χ2n) is 4.63. The molecule has 0 aliphatic carbocycles. The second-order valence-corrected chi connectivity index (χ2v) is 5.04. The molecule has 1 aromatic carbocycles. The summed E-state index contributed by atoms with van der Waals surface area (Å²) in [6, 6.07) is 5.54. The highest BCUT2D eigenvalue weighted by Crippen LogP contribution is 2.28. The standard InChI is InChI=1S/C14H18ClN3O2/c1-3-13-17-18-14(20-13)8-19-12-6-4-5-11(15)10(12)7-9(2)16/h4-6,9H,3,7-8,16H2,1-2H3. The predicted octanol–water partition coefficient (Wildman–Crippen LogP) is 2.75. The van der Waals surface area contributed by atoms with Crippen molar-refractivity contribution in [3.05, 3.63) is 40.6 Å². The van der Waals surface area contributed by atoms with Gasteiger partial charge in [-0.25, -0.2) is 0 Å². The minimum atomic E-state index is 0.00680. The zero-order valence-corrected chi connectivity index (χ0v) is 12.4. The minimum absolute atomic E-state index is 0.00680. The number of benzene rings is 1.